The van der Waals surface area contributed by atoms with Crippen molar-refractivity contribution in [2.45, 2.75) is 37.1 Å². The van der Waals surface area contributed by atoms with Crippen molar-refractivity contribution in [2.24, 2.45) is 0 Å². The molecule has 2 aliphatic rings. The van der Waals surface area contributed by atoms with Crippen molar-refractivity contribution in [1.82, 2.24) is 0 Å². The molecular formula is C13H15FO3. The summed E-state index contributed by atoms with van der Waals surface area (Å²) in [4.78, 5) is 0. The van der Waals surface area contributed by atoms with Gasteiger partial charge in [-0.3, -0.25) is 0 Å². The predicted octanol–water partition coefficient (Wildman–Crippen LogP) is 2.43. The highest BCUT2D eigenvalue weighted by molar-refractivity contribution is 5.43. The Labute approximate surface area is 99.2 Å². The molecule has 1 saturated carbocycles. The SMILES string of the molecule is OCC1(F)CCC2(CC1)Oc1ccccc1O2. The lowest BCUT2D eigenvalue weighted by molar-refractivity contribution is -0.137. The third kappa shape index (κ3) is 1.76. The monoisotopic (exact) mass is 238 g/mol. The Morgan fingerprint density at radius 2 is 1.59 bits per heavy atom. The van der Waals surface area contributed by atoms with Gasteiger partial charge in [-0.25, -0.2) is 4.39 Å². The van der Waals surface area contributed by atoms with E-state index in [0.717, 1.165) is 11.5 Å². The standard InChI is InChI=1S/C13H15FO3/c14-12(9-15)5-7-13(8-6-12)16-10-3-1-2-4-11(10)17-13/h1-4,15H,5-9H2. The molecule has 0 unspecified atom stereocenters. The smallest absolute Gasteiger partial charge is 0.251 e. The normalized spacial score (nSPS) is 23.9. The van der Waals surface area contributed by atoms with Crippen LogP contribution >= 0.6 is 0 Å². The minimum atomic E-state index is -1.47. The molecule has 1 aliphatic carbocycles. The number of halogens is 1. The van der Waals surface area contributed by atoms with Crippen LogP contribution in [0.5, 0.6) is 11.5 Å². The Bertz CT molecular complexity index is 397. The van der Waals surface area contributed by atoms with Crippen LogP contribution in [-0.2, 0) is 0 Å². The van der Waals surface area contributed by atoms with E-state index in [1.54, 1.807) is 0 Å². The summed E-state index contributed by atoms with van der Waals surface area (Å²) in [5, 5.41) is 9.00. The number of ether oxygens (including phenoxy) is 2. The maximum Gasteiger partial charge on any atom is 0.251 e. The van der Waals surface area contributed by atoms with Crippen molar-refractivity contribution in [3.63, 3.8) is 0 Å². The minimum Gasteiger partial charge on any atom is -0.448 e. The predicted molar refractivity (Wildman–Crippen MR) is 59.8 cm³/mol. The Morgan fingerprint density at radius 3 is 2.06 bits per heavy atom. The first-order valence-corrected chi connectivity index (χ1v) is 5.92. The van der Waals surface area contributed by atoms with Crippen molar-refractivity contribution < 1.29 is 19.0 Å². The Hall–Kier alpha value is -1.29. The van der Waals surface area contributed by atoms with Crippen LogP contribution < -0.4 is 9.47 Å². The van der Waals surface area contributed by atoms with Crippen LogP contribution in [-0.4, -0.2) is 23.2 Å². The van der Waals surface area contributed by atoms with E-state index in [1.807, 2.05) is 24.3 Å². The number of fused-ring (bicyclic) bond motifs is 1. The first-order chi connectivity index (χ1) is 8.15. The molecule has 1 fully saturated rings. The number of aliphatic hydroxyl groups is 1. The van der Waals surface area contributed by atoms with Gasteiger partial charge in [0, 0.05) is 12.8 Å². The van der Waals surface area contributed by atoms with Crippen LogP contribution in [0.3, 0.4) is 0 Å². The number of rotatable bonds is 1. The second-order valence-electron chi connectivity index (χ2n) is 4.87. The molecule has 0 atom stereocenters. The molecule has 92 valence electrons. The minimum absolute atomic E-state index is 0.275. The summed E-state index contributed by atoms with van der Waals surface area (Å²) in [5.74, 6) is 0.736. The molecule has 1 aromatic rings. The molecule has 0 aromatic heterocycles. The Kier molecular flexibility index (Phi) is 2.30. The molecule has 1 aliphatic heterocycles. The molecule has 1 spiro atoms. The van der Waals surface area contributed by atoms with Crippen molar-refractivity contribution >= 4 is 0 Å². The van der Waals surface area contributed by atoms with Crippen LogP contribution in [0.2, 0.25) is 0 Å². The van der Waals surface area contributed by atoms with Gasteiger partial charge in [0.25, 0.3) is 5.79 Å². The van der Waals surface area contributed by atoms with Gasteiger partial charge in [-0.05, 0) is 25.0 Å². The zero-order chi connectivity index (χ0) is 11.9. The van der Waals surface area contributed by atoms with E-state index in [-0.39, 0.29) is 12.8 Å². The lowest BCUT2D eigenvalue weighted by Gasteiger charge is -2.37. The van der Waals surface area contributed by atoms with Gasteiger partial charge in [0.05, 0.1) is 6.61 Å². The second-order valence-corrected chi connectivity index (χ2v) is 4.87. The lowest BCUT2D eigenvalue weighted by atomic mass is 9.83. The highest BCUT2D eigenvalue weighted by atomic mass is 19.1. The van der Waals surface area contributed by atoms with Gasteiger partial charge in [0.15, 0.2) is 11.5 Å². The molecule has 0 bridgehead atoms. The number of hydrogen-bond acceptors (Lipinski definition) is 3. The molecule has 4 heteroatoms. The van der Waals surface area contributed by atoms with Crippen LogP contribution in [0.1, 0.15) is 25.7 Å². The molecule has 1 N–H and O–H groups in total. The average molecular weight is 238 g/mol. The van der Waals surface area contributed by atoms with Crippen molar-refractivity contribution in [2.75, 3.05) is 6.61 Å². The summed E-state index contributed by atoms with van der Waals surface area (Å²) in [5.41, 5.74) is -1.47. The molecule has 3 rings (SSSR count). The summed E-state index contributed by atoms with van der Waals surface area (Å²) in [6.07, 6.45) is 1.49. The molecule has 0 amide bonds. The molecule has 0 saturated heterocycles. The number of aliphatic hydroxyl groups excluding tert-OH is 1. The number of hydrogen-bond donors (Lipinski definition) is 1. The van der Waals surface area contributed by atoms with Crippen LogP contribution in [0.15, 0.2) is 24.3 Å². The van der Waals surface area contributed by atoms with E-state index in [2.05, 4.69) is 0 Å². The van der Waals surface area contributed by atoms with E-state index < -0.39 is 18.1 Å². The van der Waals surface area contributed by atoms with Gasteiger partial charge in [-0.2, -0.15) is 0 Å². The van der Waals surface area contributed by atoms with Gasteiger partial charge in [0.1, 0.15) is 5.67 Å². The van der Waals surface area contributed by atoms with Gasteiger partial charge in [-0.15, -0.1) is 0 Å². The van der Waals surface area contributed by atoms with Crippen molar-refractivity contribution in [3.05, 3.63) is 24.3 Å². The summed E-state index contributed by atoms with van der Waals surface area (Å²) < 4.78 is 25.5. The van der Waals surface area contributed by atoms with Gasteiger partial charge < -0.3 is 14.6 Å². The maximum absolute atomic E-state index is 13.9. The fraction of sp³-hybridized carbons (Fsp3) is 0.538. The Morgan fingerprint density at radius 1 is 1.06 bits per heavy atom. The number of alkyl halides is 1. The zero-order valence-electron chi connectivity index (χ0n) is 9.49. The van der Waals surface area contributed by atoms with Crippen molar-refractivity contribution in [1.29, 1.82) is 0 Å². The molecule has 1 heterocycles. The maximum atomic E-state index is 13.9. The van der Waals surface area contributed by atoms with Crippen molar-refractivity contribution in [3.8, 4) is 11.5 Å². The summed E-state index contributed by atoms with van der Waals surface area (Å²) in [6.45, 7) is -0.421. The van der Waals surface area contributed by atoms with E-state index in [9.17, 15) is 4.39 Å². The topological polar surface area (TPSA) is 38.7 Å². The van der Waals surface area contributed by atoms with Gasteiger partial charge >= 0.3 is 0 Å². The fourth-order valence-electron chi connectivity index (χ4n) is 2.48. The largest absolute Gasteiger partial charge is 0.448 e. The summed E-state index contributed by atoms with van der Waals surface area (Å²) in [6, 6.07) is 7.48. The third-order valence-corrected chi connectivity index (χ3v) is 3.63. The third-order valence-electron chi connectivity index (χ3n) is 3.63. The molecule has 1 aromatic carbocycles. The quantitative estimate of drug-likeness (QED) is 0.816. The molecule has 17 heavy (non-hydrogen) atoms. The van der Waals surface area contributed by atoms with Crippen LogP contribution in [0, 0.1) is 0 Å². The van der Waals surface area contributed by atoms with Crippen LogP contribution in [0.4, 0.5) is 4.39 Å². The zero-order valence-corrected chi connectivity index (χ0v) is 9.49. The summed E-state index contributed by atoms with van der Waals surface area (Å²) in [7, 11) is 0. The van der Waals surface area contributed by atoms with Gasteiger partial charge in [0.2, 0.25) is 0 Å². The first-order valence-electron chi connectivity index (χ1n) is 5.92. The molecular weight excluding hydrogens is 223 g/mol. The lowest BCUT2D eigenvalue weighted by Crippen LogP contribution is -2.47. The molecule has 3 nitrogen and oxygen atoms in total. The van der Waals surface area contributed by atoms with Crippen LogP contribution in [0.25, 0.3) is 0 Å². The fourth-order valence-corrected chi connectivity index (χ4v) is 2.48. The highest BCUT2D eigenvalue weighted by Crippen LogP contribution is 2.47. The van der Waals surface area contributed by atoms with E-state index in [4.69, 9.17) is 14.6 Å². The number of benzene rings is 1. The van der Waals surface area contributed by atoms with Gasteiger partial charge in [-0.1, -0.05) is 12.1 Å². The highest BCUT2D eigenvalue weighted by Gasteiger charge is 2.49. The van der Waals surface area contributed by atoms with E-state index in [0.29, 0.717) is 12.8 Å². The molecule has 0 radical (unpaired) electrons. The number of para-hydroxylation sites is 2. The van der Waals surface area contributed by atoms with E-state index in [1.165, 1.54) is 0 Å². The average Bonchev–Trinajstić information content (AvgIpc) is 2.72. The second kappa shape index (κ2) is 3.60. The van der Waals surface area contributed by atoms with E-state index >= 15 is 0 Å². The summed E-state index contributed by atoms with van der Waals surface area (Å²) >= 11 is 0. The first kappa shape index (κ1) is 10.8. The Balaban J connectivity index is 1.76.